The summed E-state index contributed by atoms with van der Waals surface area (Å²) in [6.45, 7) is 0.503. The minimum absolute atomic E-state index is 0.221. The van der Waals surface area contributed by atoms with Crippen LogP contribution in [0.3, 0.4) is 0 Å². The summed E-state index contributed by atoms with van der Waals surface area (Å²) in [4.78, 5) is 9.36. The summed E-state index contributed by atoms with van der Waals surface area (Å²) in [5.74, 6) is -1.15. The fraction of sp³-hybridized carbons (Fsp3) is 0.500. The van der Waals surface area contributed by atoms with Gasteiger partial charge in [-0.05, 0) is 32.0 Å². The second-order valence-corrected chi connectivity index (χ2v) is 6.72. The number of hydrogen-bond donors (Lipinski definition) is 1. The molecule has 1 aliphatic rings. The number of benzene rings is 1. The molecule has 0 bridgehead atoms. The van der Waals surface area contributed by atoms with Crippen LogP contribution >= 0.6 is 0 Å². The highest BCUT2D eigenvalue weighted by atomic mass is 32.2. The molecule has 0 saturated carbocycles. The van der Waals surface area contributed by atoms with E-state index in [0.29, 0.717) is 12.8 Å². The smallest absolute Gasteiger partial charge is 0.317 e. The van der Waals surface area contributed by atoms with E-state index in [1.165, 1.54) is 4.31 Å². The number of nitro benzene ring substituents is 1. The molecule has 1 aliphatic heterocycles. The van der Waals surface area contributed by atoms with Gasteiger partial charge in [-0.1, -0.05) is 6.07 Å². The maximum absolute atomic E-state index is 13.6. The summed E-state index contributed by atoms with van der Waals surface area (Å²) in [7, 11) is -2.27. The summed E-state index contributed by atoms with van der Waals surface area (Å²) in [6.07, 6.45) is 1.22. The lowest BCUT2D eigenvalue weighted by Crippen LogP contribution is -2.44. The number of sulfonamides is 1. The van der Waals surface area contributed by atoms with Gasteiger partial charge in [0.05, 0.1) is 4.92 Å². The van der Waals surface area contributed by atoms with Gasteiger partial charge in [-0.15, -0.1) is 0 Å². The molecule has 2 rings (SSSR count). The van der Waals surface area contributed by atoms with Gasteiger partial charge in [0.25, 0.3) is 0 Å². The second-order valence-electron chi connectivity index (χ2n) is 4.81. The van der Waals surface area contributed by atoms with Gasteiger partial charge < -0.3 is 5.32 Å². The molecule has 0 aliphatic carbocycles. The van der Waals surface area contributed by atoms with Crippen molar-refractivity contribution in [2.45, 2.75) is 23.8 Å². The van der Waals surface area contributed by atoms with E-state index in [4.69, 9.17) is 0 Å². The van der Waals surface area contributed by atoms with Gasteiger partial charge in [-0.2, -0.15) is 8.70 Å². The highest BCUT2D eigenvalue weighted by Crippen LogP contribution is 2.30. The molecular weight excluding hydrogens is 301 g/mol. The van der Waals surface area contributed by atoms with Crippen molar-refractivity contribution in [2.24, 2.45) is 0 Å². The fourth-order valence-electron chi connectivity index (χ4n) is 2.40. The van der Waals surface area contributed by atoms with Crippen molar-refractivity contribution in [1.29, 1.82) is 0 Å². The molecule has 21 heavy (non-hydrogen) atoms. The molecule has 7 nitrogen and oxygen atoms in total. The van der Waals surface area contributed by atoms with Gasteiger partial charge in [-0.25, -0.2) is 8.42 Å². The molecule has 1 aromatic carbocycles. The standard InChI is InChI=1S/C12H16FN3O4S/c1-14-9-5-7-15(8-6-9)21(19,20)11-4-2-3-10(13)12(11)16(17)18/h2-4,9,14H,5-8H2,1H3. The van der Waals surface area contributed by atoms with Crippen LogP contribution < -0.4 is 5.32 Å². The molecule has 116 valence electrons. The summed E-state index contributed by atoms with van der Waals surface area (Å²) in [5, 5.41) is 14.0. The molecule has 0 atom stereocenters. The number of nitro groups is 1. The molecule has 1 saturated heterocycles. The summed E-state index contributed by atoms with van der Waals surface area (Å²) in [6, 6.07) is 3.33. The van der Waals surface area contributed by atoms with Crippen LogP contribution in [-0.2, 0) is 10.0 Å². The van der Waals surface area contributed by atoms with Gasteiger partial charge in [0.15, 0.2) is 4.90 Å². The first-order valence-electron chi connectivity index (χ1n) is 6.48. The lowest BCUT2D eigenvalue weighted by Gasteiger charge is -2.30. The molecule has 1 N–H and O–H groups in total. The largest absolute Gasteiger partial charge is 0.324 e. The predicted molar refractivity (Wildman–Crippen MR) is 73.9 cm³/mol. The van der Waals surface area contributed by atoms with E-state index in [-0.39, 0.29) is 19.1 Å². The van der Waals surface area contributed by atoms with Crippen LogP contribution in [0.1, 0.15) is 12.8 Å². The lowest BCUT2D eigenvalue weighted by atomic mass is 10.1. The van der Waals surface area contributed by atoms with E-state index in [2.05, 4.69) is 5.32 Å². The third-order valence-corrected chi connectivity index (χ3v) is 5.54. The van der Waals surface area contributed by atoms with Gasteiger partial charge in [0.2, 0.25) is 15.8 Å². The SMILES string of the molecule is CNC1CCN(S(=O)(=O)c2cccc(F)c2[N+](=O)[O-])CC1. The summed E-state index contributed by atoms with van der Waals surface area (Å²) in [5.41, 5.74) is -0.992. The Hall–Kier alpha value is -1.58. The van der Waals surface area contributed by atoms with Crippen LogP contribution in [0, 0.1) is 15.9 Å². The van der Waals surface area contributed by atoms with Crippen molar-refractivity contribution in [3.8, 4) is 0 Å². The normalized spacial score (nSPS) is 17.8. The van der Waals surface area contributed by atoms with Crippen molar-refractivity contribution in [3.63, 3.8) is 0 Å². The van der Waals surface area contributed by atoms with E-state index in [9.17, 15) is 22.9 Å². The Balaban J connectivity index is 2.37. The summed E-state index contributed by atoms with van der Waals surface area (Å²) >= 11 is 0. The van der Waals surface area contributed by atoms with Crippen molar-refractivity contribution >= 4 is 15.7 Å². The van der Waals surface area contributed by atoms with Gasteiger partial charge in [0, 0.05) is 19.1 Å². The molecule has 1 aromatic rings. The zero-order chi connectivity index (χ0) is 15.6. The van der Waals surface area contributed by atoms with Crippen LogP contribution in [0.2, 0.25) is 0 Å². The van der Waals surface area contributed by atoms with Gasteiger partial charge in [-0.3, -0.25) is 10.1 Å². The van der Waals surface area contributed by atoms with Crippen molar-refractivity contribution in [2.75, 3.05) is 20.1 Å². The molecule has 1 heterocycles. The Morgan fingerprint density at radius 3 is 2.52 bits per heavy atom. The van der Waals surface area contributed by atoms with Crippen LogP contribution in [-0.4, -0.2) is 43.8 Å². The highest BCUT2D eigenvalue weighted by molar-refractivity contribution is 7.89. The molecule has 0 aromatic heterocycles. The van der Waals surface area contributed by atoms with Crippen LogP contribution in [0.4, 0.5) is 10.1 Å². The molecule has 1 fully saturated rings. The second kappa shape index (κ2) is 6.04. The number of nitrogens with one attached hydrogen (secondary N) is 1. The van der Waals surface area contributed by atoms with Crippen LogP contribution in [0.15, 0.2) is 23.1 Å². The Bertz CT molecular complexity index is 642. The molecule has 0 radical (unpaired) electrons. The lowest BCUT2D eigenvalue weighted by molar-refractivity contribution is -0.390. The Morgan fingerprint density at radius 1 is 1.38 bits per heavy atom. The number of nitrogens with zero attached hydrogens (tertiary/aromatic N) is 2. The Kier molecular flexibility index (Phi) is 4.55. The number of piperidine rings is 1. The average molecular weight is 317 g/mol. The Morgan fingerprint density at radius 2 is 2.00 bits per heavy atom. The predicted octanol–water partition coefficient (Wildman–Crippen LogP) is 1.11. The monoisotopic (exact) mass is 317 g/mol. The molecular formula is C12H16FN3O4S. The minimum Gasteiger partial charge on any atom is -0.317 e. The van der Waals surface area contributed by atoms with Gasteiger partial charge in [0.1, 0.15) is 0 Å². The average Bonchev–Trinajstić information content (AvgIpc) is 2.46. The minimum atomic E-state index is -4.07. The first-order valence-corrected chi connectivity index (χ1v) is 7.92. The van der Waals surface area contributed by atoms with Crippen molar-refractivity contribution < 1.29 is 17.7 Å². The van der Waals surface area contributed by atoms with Crippen molar-refractivity contribution in [3.05, 3.63) is 34.1 Å². The number of rotatable bonds is 4. The zero-order valence-corrected chi connectivity index (χ0v) is 12.3. The first kappa shape index (κ1) is 15.8. The van der Waals surface area contributed by atoms with E-state index >= 15 is 0 Å². The third-order valence-electron chi connectivity index (χ3n) is 3.61. The third kappa shape index (κ3) is 3.04. The Labute approximate surface area is 122 Å². The van der Waals surface area contributed by atoms with Crippen LogP contribution in [0.25, 0.3) is 0 Å². The van der Waals surface area contributed by atoms with Crippen molar-refractivity contribution in [1.82, 2.24) is 9.62 Å². The van der Waals surface area contributed by atoms with E-state index in [1.54, 1.807) is 7.05 Å². The fourth-order valence-corrected chi connectivity index (χ4v) is 4.04. The van der Waals surface area contributed by atoms with Crippen LogP contribution in [0.5, 0.6) is 0 Å². The maximum Gasteiger partial charge on any atom is 0.324 e. The number of para-hydroxylation sites is 1. The first-order chi connectivity index (χ1) is 9.87. The number of hydrogen-bond acceptors (Lipinski definition) is 5. The summed E-state index contributed by atoms with van der Waals surface area (Å²) < 4.78 is 39.7. The van der Waals surface area contributed by atoms with E-state index < -0.39 is 31.3 Å². The number of halogens is 1. The highest BCUT2D eigenvalue weighted by Gasteiger charge is 2.35. The molecule has 0 spiro atoms. The molecule has 0 amide bonds. The quantitative estimate of drug-likeness (QED) is 0.663. The maximum atomic E-state index is 13.6. The zero-order valence-electron chi connectivity index (χ0n) is 11.5. The molecule has 9 heteroatoms. The van der Waals surface area contributed by atoms with E-state index in [1.807, 2.05) is 0 Å². The molecule has 0 unspecified atom stereocenters. The van der Waals surface area contributed by atoms with E-state index in [0.717, 1.165) is 18.2 Å². The topological polar surface area (TPSA) is 92.6 Å². The van der Waals surface area contributed by atoms with Gasteiger partial charge >= 0.3 is 5.69 Å².